The minimum atomic E-state index is -0.726. The first-order valence-electron chi connectivity index (χ1n) is 7.35. The van der Waals surface area contributed by atoms with Gasteiger partial charge in [0.2, 0.25) is 0 Å². The average molecular weight is 297 g/mol. The van der Waals surface area contributed by atoms with Gasteiger partial charge in [-0.15, -0.1) is 0 Å². The van der Waals surface area contributed by atoms with Crippen LogP contribution in [-0.2, 0) is 0 Å². The van der Waals surface area contributed by atoms with Gasteiger partial charge in [-0.1, -0.05) is 0 Å². The lowest BCUT2D eigenvalue weighted by atomic mass is 9.92. The third-order valence-corrected chi connectivity index (χ3v) is 4.15. The smallest absolute Gasteiger partial charge is 0.164 e. The second-order valence-electron chi connectivity index (χ2n) is 5.75. The number of likely N-dealkylation sites (tertiary alicyclic amines) is 1. The molecule has 21 heavy (non-hydrogen) atoms. The van der Waals surface area contributed by atoms with E-state index < -0.39 is 11.6 Å². The van der Waals surface area contributed by atoms with Gasteiger partial charge in [0.15, 0.2) is 5.78 Å². The number of Topliss-reactive ketones (excluding diaryl/α,β-unsaturated/α-hetero) is 1. The Morgan fingerprint density at radius 1 is 1.29 bits per heavy atom. The summed E-state index contributed by atoms with van der Waals surface area (Å²) in [4.78, 5) is 14.1. The van der Waals surface area contributed by atoms with Crippen molar-refractivity contribution in [2.75, 3.05) is 19.6 Å². The van der Waals surface area contributed by atoms with Gasteiger partial charge in [-0.3, -0.25) is 4.79 Å². The number of rotatable bonds is 5. The Labute approximate surface area is 123 Å². The molecular formula is C16H21F2NO2. The number of benzene rings is 1. The number of piperidine rings is 1. The van der Waals surface area contributed by atoms with E-state index in [-0.39, 0.29) is 23.9 Å². The second kappa shape index (κ2) is 7.09. The lowest BCUT2D eigenvalue weighted by molar-refractivity contribution is 0.0693. The maximum absolute atomic E-state index is 13.1. The standard InChI is InChI=1S/C16H21F2NO2/c1-11(20)12-2-5-19(6-3-12)7-4-16(21)13-8-14(17)10-15(18)9-13/h8-12,20H,2-7H2,1H3. The third-order valence-electron chi connectivity index (χ3n) is 4.15. The summed E-state index contributed by atoms with van der Waals surface area (Å²) in [5.41, 5.74) is 0.0892. The van der Waals surface area contributed by atoms with Gasteiger partial charge >= 0.3 is 0 Å². The van der Waals surface area contributed by atoms with Gasteiger partial charge in [0, 0.05) is 24.6 Å². The molecule has 0 aliphatic carbocycles. The summed E-state index contributed by atoms with van der Waals surface area (Å²) in [6, 6.07) is 2.91. The highest BCUT2D eigenvalue weighted by Gasteiger charge is 2.22. The Hall–Kier alpha value is -1.33. The highest BCUT2D eigenvalue weighted by atomic mass is 19.1. The van der Waals surface area contributed by atoms with Crippen LogP contribution >= 0.6 is 0 Å². The van der Waals surface area contributed by atoms with Crippen LogP contribution in [0.5, 0.6) is 0 Å². The van der Waals surface area contributed by atoms with Crippen LogP contribution < -0.4 is 0 Å². The molecule has 1 aliphatic rings. The molecule has 0 radical (unpaired) electrons. The molecule has 1 aliphatic heterocycles. The molecule has 0 bridgehead atoms. The van der Waals surface area contributed by atoms with Gasteiger partial charge in [-0.25, -0.2) is 8.78 Å². The SMILES string of the molecule is CC(O)C1CCN(CCC(=O)c2cc(F)cc(F)c2)CC1. The molecular weight excluding hydrogens is 276 g/mol. The number of aliphatic hydroxyl groups is 1. The van der Waals surface area contributed by atoms with E-state index in [9.17, 15) is 18.7 Å². The van der Waals surface area contributed by atoms with Gasteiger partial charge < -0.3 is 10.0 Å². The highest BCUT2D eigenvalue weighted by Crippen LogP contribution is 2.20. The predicted molar refractivity (Wildman–Crippen MR) is 76.2 cm³/mol. The minimum Gasteiger partial charge on any atom is -0.393 e. The van der Waals surface area contributed by atoms with Gasteiger partial charge in [0.25, 0.3) is 0 Å². The Kier molecular flexibility index (Phi) is 5.42. The van der Waals surface area contributed by atoms with Gasteiger partial charge in [-0.2, -0.15) is 0 Å². The number of carbonyl (C=O) groups is 1. The van der Waals surface area contributed by atoms with E-state index in [0.717, 1.165) is 44.1 Å². The second-order valence-corrected chi connectivity index (χ2v) is 5.75. The van der Waals surface area contributed by atoms with E-state index in [1.165, 1.54) is 0 Å². The van der Waals surface area contributed by atoms with Crippen LogP contribution in [0.25, 0.3) is 0 Å². The fourth-order valence-electron chi connectivity index (χ4n) is 2.78. The Bertz CT molecular complexity index is 477. The van der Waals surface area contributed by atoms with E-state index in [2.05, 4.69) is 4.90 Å². The molecule has 0 saturated carbocycles. The molecule has 3 nitrogen and oxygen atoms in total. The van der Waals surface area contributed by atoms with Gasteiger partial charge in [-0.05, 0) is 50.9 Å². The zero-order chi connectivity index (χ0) is 15.4. The molecule has 116 valence electrons. The summed E-state index contributed by atoms with van der Waals surface area (Å²) in [5.74, 6) is -1.37. The number of hydrogen-bond acceptors (Lipinski definition) is 3. The molecule has 0 spiro atoms. The zero-order valence-electron chi connectivity index (χ0n) is 12.2. The normalized spacial score (nSPS) is 18.7. The summed E-state index contributed by atoms with van der Waals surface area (Å²) in [5, 5.41) is 9.54. The molecule has 1 fully saturated rings. The van der Waals surface area contributed by atoms with Crippen LogP contribution in [-0.4, -0.2) is 41.5 Å². The number of halogens is 2. The van der Waals surface area contributed by atoms with Gasteiger partial charge in [0.05, 0.1) is 6.10 Å². The largest absolute Gasteiger partial charge is 0.393 e. The fourth-order valence-corrected chi connectivity index (χ4v) is 2.78. The van der Waals surface area contributed by atoms with Crippen LogP contribution in [0.15, 0.2) is 18.2 Å². The number of aliphatic hydroxyl groups excluding tert-OH is 1. The molecule has 0 aromatic heterocycles. The summed E-state index contributed by atoms with van der Waals surface area (Å²) < 4.78 is 26.2. The lowest BCUT2D eigenvalue weighted by Gasteiger charge is -2.33. The number of carbonyl (C=O) groups excluding carboxylic acids is 1. The molecule has 1 unspecified atom stereocenters. The van der Waals surface area contributed by atoms with Crippen LogP contribution in [0, 0.1) is 17.6 Å². The summed E-state index contributed by atoms with van der Waals surface area (Å²) >= 11 is 0. The van der Waals surface area contributed by atoms with Gasteiger partial charge in [0.1, 0.15) is 11.6 Å². The first-order valence-corrected chi connectivity index (χ1v) is 7.35. The maximum Gasteiger partial charge on any atom is 0.164 e. The first-order chi connectivity index (χ1) is 9.95. The molecule has 1 heterocycles. The molecule has 5 heteroatoms. The summed E-state index contributed by atoms with van der Waals surface area (Å²) in [7, 11) is 0. The van der Waals surface area contributed by atoms with E-state index in [0.29, 0.717) is 12.5 Å². The summed E-state index contributed by atoms with van der Waals surface area (Å²) in [6.45, 7) is 4.09. The monoisotopic (exact) mass is 297 g/mol. The van der Waals surface area contributed by atoms with E-state index in [1.54, 1.807) is 0 Å². The number of nitrogens with zero attached hydrogens (tertiary/aromatic N) is 1. The number of hydrogen-bond donors (Lipinski definition) is 1. The Morgan fingerprint density at radius 3 is 2.38 bits per heavy atom. The van der Waals surface area contributed by atoms with Crippen molar-refractivity contribution in [1.82, 2.24) is 4.90 Å². The maximum atomic E-state index is 13.1. The van der Waals surface area contributed by atoms with Crippen molar-refractivity contribution in [1.29, 1.82) is 0 Å². The van der Waals surface area contributed by atoms with Crippen LogP contribution in [0.4, 0.5) is 8.78 Å². The molecule has 1 aromatic carbocycles. The van der Waals surface area contributed by atoms with Crippen LogP contribution in [0.1, 0.15) is 36.5 Å². The van der Waals surface area contributed by atoms with Crippen molar-refractivity contribution in [2.24, 2.45) is 5.92 Å². The first kappa shape index (κ1) is 16.0. The van der Waals surface area contributed by atoms with Crippen molar-refractivity contribution in [3.05, 3.63) is 35.4 Å². The van der Waals surface area contributed by atoms with E-state index >= 15 is 0 Å². The quantitative estimate of drug-likeness (QED) is 0.849. The Morgan fingerprint density at radius 2 is 1.86 bits per heavy atom. The minimum absolute atomic E-state index is 0.0892. The third kappa shape index (κ3) is 4.58. The zero-order valence-corrected chi connectivity index (χ0v) is 12.2. The molecule has 0 amide bonds. The Balaban J connectivity index is 1.82. The van der Waals surface area contributed by atoms with Crippen molar-refractivity contribution in [2.45, 2.75) is 32.3 Å². The average Bonchev–Trinajstić information content (AvgIpc) is 2.44. The van der Waals surface area contributed by atoms with Crippen LogP contribution in [0.2, 0.25) is 0 Å². The van der Waals surface area contributed by atoms with Crippen molar-refractivity contribution >= 4 is 5.78 Å². The van der Waals surface area contributed by atoms with Crippen LogP contribution in [0.3, 0.4) is 0 Å². The fraction of sp³-hybridized carbons (Fsp3) is 0.562. The van der Waals surface area contributed by atoms with Crippen molar-refractivity contribution < 1.29 is 18.7 Å². The topological polar surface area (TPSA) is 40.5 Å². The molecule has 1 saturated heterocycles. The predicted octanol–water partition coefficient (Wildman–Crippen LogP) is 2.63. The van der Waals surface area contributed by atoms with E-state index in [4.69, 9.17) is 0 Å². The summed E-state index contributed by atoms with van der Waals surface area (Å²) in [6.07, 6.45) is 1.80. The molecule has 1 aromatic rings. The van der Waals surface area contributed by atoms with E-state index in [1.807, 2.05) is 6.92 Å². The molecule has 1 atom stereocenters. The highest BCUT2D eigenvalue weighted by molar-refractivity contribution is 5.96. The lowest BCUT2D eigenvalue weighted by Crippen LogP contribution is -2.38. The molecule has 1 N–H and O–H groups in total. The number of ketones is 1. The van der Waals surface area contributed by atoms with Crippen molar-refractivity contribution in [3.63, 3.8) is 0 Å². The molecule has 2 rings (SSSR count). The van der Waals surface area contributed by atoms with Crippen molar-refractivity contribution in [3.8, 4) is 0 Å².